The Bertz CT molecular complexity index is 1290. The van der Waals surface area contributed by atoms with E-state index in [1.807, 2.05) is 30.3 Å². The molecule has 5 rings (SSSR count). The van der Waals surface area contributed by atoms with Gasteiger partial charge < -0.3 is 14.9 Å². The minimum Gasteiger partial charge on any atom is -0.371 e. The topological polar surface area (TPSA) is 43.8 Å². The third-order valence-corrected chi connectivity index (χ3v) is 7.32. The van der Waals surface area contributed by atoms with E-state index in [4.69, 9.17) is 0 Å². The number of aliphatic hydroxyl groups is 1. The van der Waals surface area contributed by atoms with Crippen molar-refractivity contribution in [2.75, 3.05) is 22.9 Å². The van der Waals surface area contributed by atoms with Crippen molar-refractivity contribution in [3.8, 4) is 11.5 Å². The van der Waals surface area contributed by atoms with Crippen LogP contribution < -0.4 is 9.80 Å². The van der Waals surface area contributed by atoms with E-state index >= 15 is 0 Å². The molecule has 5 heteroatoms. The number of hydrogen-bond acceptors (Lipinski definition) is 3. The van der Waals surface area contributed by atoms with E-state index in [-0.39, 0.29) is 5.91 Å². The molecule has 1 unspecified atom stereocenters. The Labute approximate surface area is 196 Å². The fraction of sp³-hybridized carbons (Fsp3) is 0.321. The molecule has 1 saturated heterocycles. The zero-order valence-corrected chi connectivity index (χ0v) is 20.6. The molecule has 33 heavy (non-hydrogen) atoms. The van der Waals surface area contributed by atoms with Crippen molar-refractivity contribution in [3.63, 3.8) is 0 Å². The smallest absolute Gasteiger partial charge is 0.277 e. The highest BCUT2D eigenvalue weighted by molar-refractivity contribution is 6.83. The Kier molecular flexibility index (Phi) is 5.31. The predicted molar refractivity (Wildman–Crippen MR) is 138 cm³/mol. The molecule has 1 fully saturated rings. The summed E-state index contributed by atoms with van der Waals surface area (Å²) in [4.78, 5) is 17.8. The van der Waals surface area contributed by atoms with Crippen LogP contribution in [0.1, 0.15) is 24.0 Å². The standard InChI is InChI=1S/C28H30N2O2Si/c1-33(2,3)18-15-28(32)26-24(29-16-6-7-17-29)11-8-12-25(26)30(27(28)31)20-21-13-14-22-9-4-5-10-23(22)19-21/h4-5,8-14,19,32H,6-7,16-17,20H2,1-3H3. The summed E-state index contributed by atoms with van der Waals surface area (Å²) in [6, 6.07) is 20.5. The average molecular weight is 455 g/mol. The third-order valence-electron chi connectivity index (χ3n) is 6.45. The highest BCUT2D eigenvalue weighted by atomic mass is 28.3. The van der Waals surface area contributed by atoms with Crippen molar-refractivity contribution >= 4 is 36.1 Å². The van der Waals surface area contributed by atoms with Crippen LogP contribution in [-0.2, 0) is 16.9 Å². The van der Waals surface area contributed by atoms with Crippen LogP contribution >= 0.6 is 0 Å². The van der Waals surface area contributed by atoms with Gasteiger partial charge in [-0.1, -0.05) is 68.0 Å². The quantitative estimate of drug-likeness (QED) is 0.445. The largest absolute Gasteiger partial charge is 0.371 e. The van der Waals surface area contributed by atoms with E-state index in [2.05, 4.69) is 66.3 Å². The Morgan fingerprint density at radius 2 is 1.64 bits per heavy atom. The summed E-state index contributed by atoms with van der Waals surface area (Å²) in [5, 5.41) is 14.2. The fourth-order valence-corrected chi connectivity index (χ4v) is 5.38. The summed E-state index contributed by atoms with van der Waals surface area (Å²) in [6.45, 7) is 8.66. The first-order chi connectivity index (χ1) is 15.8. The second-order valence-electron chi connectivity index (χ2n) is 10.1. The van der Waals surface area contributed by atoms with Gasteiger partial charge >= 0.3 is 0 Å². The fourth-order valence-electron chi connectivity index (χ4n) is 4.83. The minimum atomic E-state index is -1.81. The zero-order chi connectivity index (χ0) is 23.2. The van der Waals surface area contributed by atoms with Gasteiger partial charge in [0.15, 0.2) is 0 Å². The number of carbonyl (C=O) groups excluding carboxylic acids is 1. The molecule has 2 aliphatic heterocycles. The molecule has 2 heterocycles. The highest BCUT2D eigenvalue weighted by Gasteiger charge is 2.51. The summed E-state index contributed by atoms with van der Waals surface area (Å²) in [7, 11) is -1.80. The van der Waals surface area contributed by atoms with E-state index < -0.39 is 13.7 Å². The molecule has 0 bridgehead atoms. The molecule has 1 N–H and O–H groups in total. The van der Waals surface area contributed by atoms with E-state index in [0.717, 1.165) is 48.3 Å². The van der Waals surface area contributed by atoms with Crippen LogP contribution in [-0.4, -0.2) is 32.2 Å². The van der Waals surface area contributed by atoms with Gasteiger partial charge in [0.1, 0.15) is 8.07 Å². The molecule has 0 saturated carbocycles. The van der Waals surface area contributed by atoms with Gasteiger partial charge in [-0.05, 0) is 47.4 Å². The number of carbonyl (C=O) groups is 1. The van der Waals surface area contributed by atoms with Crippen LogP contribution in [0.3, 0.4) is 0 Å². The number of anilines is 2. The van der Waals surface area contributed by atoms with Gasteiger partial charge in [-0.25, -0.2) is 0 Å². The number of nitrogens with zero attached hydrogens (tertiary/aromatic N) is 2. The van der Waals surface area contributed by atoms with Gasteiger partial charge in [0.2, 0.25) is 5.60 Å². The van der Waals surface area contributed by atoms with Crippen molar-refractivity contribution in [2.45, 2.75) is 44.6 Å². The Balaban J connectivity index is 1.62. The van der Waals surface area contributed by atoms with Gasteiger partial charge in [-0.15, -0.1) is 5.54 Å². The summed E-state index contributed by atoms with van der Waals surface area (Å²) < 4.78 is 0. The monoisotopic (exact) mass is 454 g/mol. The maximum atomic E-state index is 13.8. The zero-order valence-electron chi connectivity index (χ0n) is 19.6. The maximum Gasteiger partial charge on any atom is 0.277 e. The van der Waals surface area contributed by atoms with Gasteiger partial charge in [-0.3, -0.25) is 4.79 Å². The van der Waals surface area contributed by atoms with Crippen molar-refractivity contribution < 1.29 is 9.90 Å². The molecule has 1 atom stereocenters. The molecule has 4 nitrogen and oxygen atoms in total. The molecule has 0 spiro atoms. The van der Waals surface area contributed by atoms with Crippen LogP contribution in [0.25, 0.3) is 10.8 Å². The van der Waals surface area contributed by atoms with Gasteiger partial charge in [-0.2, -0.15) is 0 Å². The molecule has 2 aliphatic rings. The Morgan fingerprint density at radius 3 is 2.36 bits per heavy atom. The second kappa shape index (κ2) is 8.05. The second-order valence-corrected chi connectivity index (χ2v) is 14.9. The van der Waals surface area contributed by atoms with Crippen molar-refractivity contribution in [2.24, 2.45) is 0 Å². The van der Waals surface area contributed by atoms with Crippen LogP contribution in [0, 0.1) is 11.5 Å². The first-order valence-electron chi connectivity index (χ1n) is 11.7. The van der Waals surface area contributed by atoms with E-state index in [1.54, 1.807) is 4.90 Å². The normalized spacial score (nSPS) is 20.2. The molecule has 1 amide bonds. The van der Waals surface area contributed by atoms with Gasteiger partial charge in [0.25, 0.3) is 5.91 Å². The van der Waals surface area contributed by atoms with Gasteiger partial charge in [0.05, 0.1) is 17.8 Å². The maximum absolute atomic E-state index is 13.8. The Hall–Kier alpha value is -3.07. The summed E-state index contributed by atoms with van der Waals surface area (Å²) in [6.07, 6.45) is 2.24. The first kappa shape index (κ1) is 21.8. The number of hydrogen-bond donors (Lipinski definition) is 1. The van der Waals surface area contributed by atoms with E-state index in [1.165, 1.54) is 5.39 Å². The van der Waals surface area contributed by atoms with Crippen molar-refractivity contribution in [1.29, 1.82) is 0 Å². The van der Waals surface area contributed by atoms with Crippen molar-refractivity contribution in [3.05, 3.63) is 71.8 Å². The highest BCUT2D eigenvalue weighted by Crippen LogP contribution is 2.47. The lowest BCUT2D eigenvalue weighted by molar-refractivity contribution is -0.130. The predicted octanol–water partition coefficient (Wildman–Crippen LogP) is 5.06. The van der Waals surface area contributed by atoms with E-state index in [9.17, 15) is 9.90 Å². The average Bonchev–Trinajstić information content (AvgIpc) is 3.40. The molecule has 0 radical (unpaired) electrons. The molecular weight excluding hydrogens is 424 g/mol. The van der Waals surface area contributed by atoms with Crippen LogP contribution in [0.4, 0.5) is 11.4 Å². The molecule has 3 aromatic rings. The number of amides is 1. The van der Waals surface area contributed by atoms with Crippen molar-refractivity contribution in [1.82, 2.24) is 0 Å². The first-order valence-corrected chi connectivity index (χ1v) is 15.2. The number of fused-ring (bicyclic) bond motifs is 2. The number of rotatable bonds is 3. The molecule has 0 aromatic heterocycles. The summed E-state index contributed by atoms with van der Waals surface area (Å²) >= 11 is 0. The summed E-state index contributed by atoms with van der Waals surface area (Å²) in [5.41, 5.74) is 4.85. The molecule has 0 aliphatic carbocycles. The lowest BCUT2D eigenvalue weighted by Gasteiger charge is -2.24. The van der Waals surface area contributed by atoms with Crippen LogP contribution in [0.15, 0.2) is 60.7 Å². The van der Waals surface area contributed by atoms with Crippen LogP contribution in [0.2, 0.25) is 19.6 Å². The lowest BCUT2D eigenvalue weighted by atomic mass is 9.94. The van der Waals surface area contributed by atoms with Crippen LogP contribution in [0.5, 0.6) is 0 Å². The molecule has 3 aromatic carbocycles. The molecular formula is C28H30N2O2Si. The number of benzene rings is 3. The minimum absolute atomic E-state index is 0.344. The van der Waals surface area contributed by atoms with Gasteiger partial charge in [0, 0.05) is 18.8 Å². The SMILES string of the molecule is C[Si](C)(C)C#CC1(O)C(=O)N(Cc2ccc3ccccc3c2)c2cccc(N3CCCC3)c21. The molecule has 168 valence electrons. The third kappa shape index (κ3) is 3.94. The summed E-state index contributed by atoms with van der Waals surface area (Å²) in [5.74, 6) is 2.72. The van der Waals surface area contributed by atoms with E-state index in [0.29, 0.717) is 12.1 Å². The Morgan fingerprint density at radius 1 is 0.939 bits per heavy atom. The lowest BCUT2D eigenvalue weighted by Crippen LogP contribution is -2.40.